The van der Waals surface area contributed by atoms with Crippen LogP contribution >= 0.6 is 11.5 Å². The van der Waals surface area contributed by atoms with Crippen LogP contribution in [0.25, 0.3) is 11.0 Å². The molecule has 0 aliphatic rings. The fourth-order valence-electron chi connectivity index (χ4n) is 2.51. The zero-order chi connectivity index (χ0) is 17.4. The molecule has 124 valence electrons. The van der Waals surface area contributed by atoms with Crippen LogP contribution in [0.3, 0.4) is 0 Å². The van der Waals surface area contributed by atoms with E-state index < -0.39 is 0 Å². The average molecular weight is 343 g/mol. The van der Waals surface area contributed by atoms with Crippen molar-refractivity contribution in [3.8, 4) is 0 Å². The highest BCUT2D eigenvalue weighted by Crippen LogP contribution is 2.27. The van der Waals surface area contributed by atoms with Crippen molar-refractivity contribution in [2.45, 2.75) is 33.6 Å². The van der Waals surface area contributed by atoms with Crippen LogP contribution in [0.15, 0.2) is 27.4 Å². The molecule has 6 nitrogen and oxygen atoms in total. The molecule has 0 aliphatic carbocycles. The Bertz CT molecular complexity index is 988. The van der Waals surface area contributed by atoms with Gasteiger partial charge >= 0.3 is 5.63 Å². The number of benzene rings is 1. The van der Waals surface area contributed by atoms with E-state index in [4.69, 9.17) is 4.42 Å². The van der Waals surface area contributed by atoms with E-state index >= 15 is 0 Å². The van der Waals surface area contributed by atoms with Crippen molar-refractivity contribution in [2.75, 3.05) is 5.32 Å². The molecule has 0 bridgehead atoms. The quantitative estimate of drug-likeness (QED) is 0.734. The van der Waals surface area contributed by atoms with E-state index in [1.165, 1.54) is 6.07 Å². The lowest BCUT2D eigenvalue weighted by molar-refractivity contribution is 0.102. The second-order valence-corrected chi connectivity index (χ2v) is 6.76. The summed E-state index contributed by atoms with van der Waals surface area (Å²) in [7, 11) is 0. The van der Waals surface area contributed by atoms with Gasteiger partial charge in [0.1, 0.15) is 10.5 Å². The first-order chi connectivity index (χ1) is 11.4. The largest absolute Gasteiger partial charge is 0.423 e. The van der Waals surface area contributed by atoms with Gasteiger partial charge in [-0.3, -0.25) is 4.79 Å². The normalized spacial score (nSPS) is 11.2. The number of carbonyl (C=O) groups excluding carboxylic acids is 1. The summed E-state index contributed by atoms with van der Waals surface area (Å²) in [6.07, 6.45) is 0. The van der Waals surface area contributed by atoms with Crippen LogP contribution in [0, 0.1) is 13.8 Å². The van der Waals surface area contributed by atoms with Gasteiger partial charge in [-0.05, 0) is 54.6 Å². The molecule has 1 N–H and O–H groups in total. The number of carbonyl (C=O) groups is 1. The molecule has 0 saturated carbocycles. The highest BCUT2D eigenvalue weighted by Gasteiger charge is 2.19. The van der Waals surface area contributed by atoms with Crippen LogP contribution in [0.4, 0.5) is 5.69 Å². The summed E-state index contributed by atoms with van der Waals surface area (Å²) < 4.78 is 9.10. The first-order valence-corrected chi connectivity index (χ1v) is 8.33. The third-order valence-electron chi connectivity index (χ3n) is 3.81. The van der Waals surface area contributed by atoms with Gasteiger partial charge in [0.2, 0.25) is 0 Å². The molecule has 0 aliphatic heterocycles. The van der Waals surface area contributed by atoms with Crippen molar-refractivity contribution in [2.24, 2.45) is 0 Å². The molecule has 0 radical (unpaired) electrons. The van der Waals surface area contributed by atoms with Crippen molar-refractivity contribution < 1.29 is 9.21 Å². The number of anilines is 1. The van der Waals surface area contributed by atoms with Crippen LogP contribution < -0.4 is 10.9 Å². The predicted molar refractivity (Wildman–Crippen MR) is 93.9 cm³/mol. The smallest absolute Gasteiger partial charge is 0.336 e. The summed E-state index contributed by atoms with van der Waals surface area (Å²) >= 11 is 1.09. The summed E-state index contributed by atoms with van der Waals surface area (Å²) in [6, 6.07) is 5.02. The van der Waals surface area contributed by atoms with Crippen LogP contribution in [0.2, 0.25) is 0 Å². The molecule has 1 amide bonds. The second-order valence-electron chi connectivity index (χ2n) is 6.01. The van der Waals surface area contributed by atoms with E-state index in [0.29, 0.717) is 21.8 Å². The van der Waals surface area contributed by atoms with Gasteiger partial charge in [-0.25, -0.2) is 4.79 Å². The van der Waals surface area contributed by atoms with E-state index in [9.17, 15) is 9.59 Å². The van der Waals surface area contributed by atoms with Crippen LogP contribution in [0.5, 0.6) is 0 Å². The second kappa shape index (κ2) is 6.16. The molecule has 0 saturated heterocycles. The molecular formula is C17H17N3O3S. The number of aromatic nitrogens is 2. The van der Waals surface area contributed by atoms with Crippen molar-refractivity contribution >= 4 is 34.1 Å². The highest BCUT2D eigenvalue weighted by molar-refractivity contribution is 7.08. The summed E-state index contributed by atoms with van der Waals surface area (Å²) in [5.41, 5.74) is 3.12. The molecule has 0 fully saturated rings. The monoisotopic (exact) mass is 343 g/mol. The van der Waals surface area contributed by atoms with Crippen molar-refractivity contribution in [1.29, 1.82) is 0 Å². The molecule has 7 heteroatoms. The minimum atomic E-state index is -0.381. The number of fused-ring (bicyclic) bond motifs is 1. The topological polar surface area (TPSA) is 85.1 Å². The van der Waals surface area contributed by atoms with Gasteiger partial charge in [-0.1, -0.05) is 18.3 Å². The Kier molecular flexibility index (Phi) is 4.19. The molecule has 0 atom stereocenters. The van der Waals surface area contributed by atoms with Crippen LogP contribution in [-0.2, 0) is 0 Å². The Morgan fingerprint density at radius 2 is 1.96 bits per heavy atom. The maximum Gasteiger partial charge on any atom is 0.336 e. The molecule has 3 aromatic rings. The first-order valence-electron chi connectivity index (χ1n) is 7.55. The molecular weight excluding hydrogens is 326 g/mol. The molecule has 0 spiro atoms. The Balaban J connectivity index is 2.01. The minimum Gasteiger partial charge on any atom is -0.423 e. The Labute approximate surface area is 142 Å². The fourth-order valence-corrected chi connectivity index (χ4v) is 3.23. The number of amides is 1. The zero-order valence-electron chi connectivity index (χ0n) is 13.8. The third-order valence-corrected chi connectivity index (χ3v) is 4.55. The van der Waals surface area contributed by atoms with Gasteiger partial charge in [0.05, 0.1) is 5.69 Å². The lowest BCUT2D eigenvalue weighted by atomic mass is 10.1. The maximum absolute atomic E-state index is 12.6. The molecule has 2 aromatic heterocycles. The third kappa shape index (κ3) is 2.94. The number of aryl methyl sites for hydroxylation is 2. The number of rotatable bonds is 3. The van der Waals surface area contributed by atoms with E-state index in [-0.39, 0.29) is 17.5 Å². The number of hydrogen-bond acceptors (Lipinski definition) is 6. The first kappa shape index (κ1) is 16.3. The Hall–Kier alpha value is -2.54. The molecule has 3 rings (SSSR count). The van der Waals surface area contributed by atoms with Gasteiger partial charge < -0.3 is 9.73 Å². The summed E-state index contributed by atoms with van der Waals surface area (Å²) in [5, 5.41) is 7.74. The maximum atomic E-state index is 12.6. The van der Waals surface area contributed by atoms with E-state index in [0.717, 1.165) is 28.0 Å². The predicted octanol–water partition coefficient (Wildman–Crippen LogP) is 3.64. The summed E-state index contributed by atoms with van der Waals surface area (Å²) in [5.74, 6) is -0.107. The SMILES string of the molecule is Cc1cc2oc(=O)cc(C)c2cc1NC(=O)c1snnc1C(C)C. The minimum absolute atomic E-state index is 0.124. The van der Waals surface area contributed by atoms with E-state index in [1.54, 1.807) is 6.07 Å². The van der Waals surface area contributed by atoms with Gasteiger partial charge in [0.15, 0.2) is 0 Å². The summed E-state index contributed by atoms with van der Waals surface area (Å²) in [4.78, 5) is 24.6. The lowest BCUT2D eigenvalue weighted by Crippen LogP contribution is -2.14. The molecule has 2 heterocycles. The van der Waals surface area contributed by atoms with Crippen molar-refractivity contribution in [3.05, 3.63) is 50.3 Å². The summed E-state index contributed by atoms with van der Waals surface area (Å²) in [6.45, 7) is 7.64. The standard InChI is InChI=1S/C17H17N3O3S/c1-8(2)15-16(24-20-19-15)17(22)18-12-7-11-9(3)6-14(21)23-13(11)5-10(12)4/h5-8H,1-4H3,(H,18,22). The average Bonchev–Trinajstić information content (AvgIpc) is 2.98. The van der Waals surface area contributed by atoms with Gasteiger partial charge in [0, 0.05) is 17.1 Å². The fraction of sp³-hybridized carbons (Fsp3) is 0.294. The van der Waals surface area contributed by atoms with Crippen molar-refractivity contribution in [1.82, 2.24) is 9.59 Å². The molecule has 1 aromatic carbocycles. The van der Waals surface area contributed by atoms with Crippen molar-refractivity contribution in [3.63, 3.8) is 0 Å². The molecule has 24 heavy (non-hydrogen) atoms. The Morgan fingerprint density at radius 3 is 2.67 bits per heavy atom. The highest BCUT2D eigenvalue weighted by atomic mass is 32.1. The van der Waals surface area contributed by atoms with Gasteiger partial charge in [-0.15, -0.1) is 5.10 Å². The number of nitrogens with one attached hydrogen (secondary N) is 1. The van der Waals surface area contributed by atoms with Gasteiger partial charge in [-0.2, -0.15) is 0 Å². The zero-order valence-corrected chi connectivity index (χ0v) is 14.7. The molecule has 0 unspecified atom stereocenters. The Morgan fingerprint density at radius 1 is 1.21 bits per heavy atom. The van der Waals surface area contributed by atoms with Gasteiger partial charge in [0.25, 0.3) is 5.91 Å². The van der Waals surface area contributed by atoms with E-state index in [2.05, 4.69) is 14.9 Å². The van der Waals surface area contributed by atoms with E-state index in [1.807, 2.05) is 33.8 Å². The number of nitrogens with zero attached hydrogens (tertiary/aromatic N) is 2. The lowest BCUT2D eigenvalue weighted by Gasteiger charge is -2.11. The number of hydrogen-bond donors (Lipinski definition) is 1. The van der Waals surface area contributed by atoms with Crippen LogP contribution in [-0.4, -0.2) is 15.5 Å². The van der Waals surface area contributed by atoms with Crippen LogP contribution in [0.1, 0.15) is 46.3 Å².